The summed E-state index contributed by atoms with van der Waals surface area (Å²) in [5.74, 6) is 0.666. The summed E-state index contributed by atoms with van der Waals surface area (Å²) in [5.41, 5.74) is 0.826. The molecule has 0 radical (unpaired) electrons. The molecule has 2 rings (SSSR count). The van der Waals surface area contributed by atoms with Gasteiger partial charge in [-0.15, -0.1) is 24.0 Å². The molecule has 0 spiro atoms. The molecule has 1 aliphatic heterocycles. The number of hydrogen-bond donors (Lipinski definition) is 3. The van der Waals surface area contributed by atoms with Gasteiger partial charge in [-0.1, -0.05) is 17.7 Å². The first-order valence-electron chi connectivity index (χ1n) is 9.07. The quantitative estimate of drug-likeness (QED) is 0.216. The Morgan fingerprint density at radius 2 is 1.93 bits per heavy atom. The Bertz CT molecular complexity index is 702. The molecule has 1 fully saturated rings. The van der Waals surface area contributed by atoms with E-state index in [4.69, 9.17) is 4.74 Å². The molecule has 3 N–H and O–H groups in total. The van der Waals surface area contributed by atoms with Gasteiger partial charge in [0, 0.05) is 26.2 Å². The fourth-order valence-corrected chi connectivity index (χ4v) is 3.75. The Morgan fingerprint density at radius 3 is 2.52 bits per heavy atom. The number of sulfonamides is 1. The largest absolute Gasteiger partial charge is 0.373 e. The summed E-state index contributed by atoms with van der Waals surface area (Å²) in [6.07, 6.45) is 2.07. The summed E-state index contributed by atoms with van der Waals surface area (Å²) in [4.78, 5) is 4.83. The predicted octanol–water partition coefficient (Wildman–Crippen LogP) is 2.02. The lowest BCUT2D eigenvalue weighted by molar-refractivity contribution is 0.0283. The first-order chi connectivity index (χ1) is 12.3. The van der Waals surface area contributed by atoms with Crippen molar-refractivity contribution in [3.8, 4) is 0 Å². The maximum absolute atomic E-state index is 12.3. The number of guanidine groups is 1. The molecular formula is C18H31IN4O3S. The molecule has 154 valence electrons. The number of nitrogens with one attached hydrogen (secondary N) is 3. The van der Waals surface area contributed by atoms with Crippen molar-refractivity contribution in [3.63, 3.8) is 0 Å². The molecule has 1 unspecified atom stereocenters. The van der Waals surface area contributed by atoms with Crippen LogP contribution in [-0.4, -0.2) is 52.8 Å². The third kappa shape index (κ3) is 7.92. The fourth-order valence-electron chi connectivity index (χ4n) is 2.72. The molecule has 0 aliphatic carbocycles. The van der Waals surface area contributed by atoms with Crippen molar-refractivity contribution < 1.29 is 13.2 Å². The van der Waals surface area contributed by atoms with Gasteiger partial charge in [0.25, 0.3) is 0 Å². The van der Waals surface area contributed by atoms with Crippen LogP contribution in [0.15, 0.2) is 34.2 Å². The number of ether oxygens (including phenoxy) is 1. The van der Waals surface area contributed by atoms with Crippen LogP contribution in [-0.2, 0) is 14.8 Å². The van der Waals surface area contributed by atoms with Gasteiger partial charge in [-0.05, 0) is 45.7 Å². The van der Waals surface area contributed by atoms with Gasteiger partial charge >= 0.3 is 0 Å². The number of hydrogen-bond acceptors (Lipinski definition) is 4. The van der Waals surface area contributed by atoms with Crippen molar-refractivity contribution in [3.05, 3.63) is 29.8 Å². The second kappa shape index (κ2) is 11.2. The van der Waals surface area contributed by atoms with Crippen LogP contribution < -0.4 is 15.4 Å². The zero-order chi connectivity index (χ0) is 19.0. The van der Waals surface area contributed by atoms with Crippen LogP contribution in [0.1, 0.15) is 32.3 Å². The van der Waals surface area contributed by atoms with Gasteiger partial charge in [0.2, 0.25) is 10.0 Å². The lowest BCUT2D eigenvalue weighted by Gasteiger charge is -2.21. The van der Waals surface area contributed by atoms with E-state index in [1.807, 2.05) is 13.8 Å². The van der Waals surface area contributed by atoms with E-state index in [-0.39, 0.29) is 41.0 Å². The molecule has 9 heteroatoms. The highest BCUT2D eigenvalue weighted by Gasteiger charge is 2.29. The van der Waals surface area contributed by atoms with Crippen molar-refractivity contribution >= 4 is 40.0 Å². The van der Waals surface area contributed by atoms with E-state index in [0.29, 0.717) is 19.0 Å². The molecule has 0 saturated carbocycles. The number of benzene rings is 1. The van der Waals surface area contributed by atoms with E-state index in [0.717, 1.165) is 31.6 Å². The van der Waals surface area contributed by atoms with Crippen LogP contribution in [0.5, 0.6) is 0 Å². The number of nitrogens with zero attached hydrogens (tertiary/aromatic N) is 1. The first-order valence-corrected chi connectivity index (χ1v) is 10.6. The van der Waals surface area contributed by atoms with Gasteiger partial charge in [0.1, 0.15) is 0 Å². The van der Waals surface area contributed by atoms with Crippen LogP contribution in [0.3, 0.4) is 0 Å². The van der Waals surface area contributed by atoms with Crippen LogP contribution in [0.4, 0.5) is 0 Å². The predicted molar refractivity (Wildman–Crippen MR) is 119 cm³/mol. The van der Waals surface area contributed by atoms with E-state index in [1.165, 1.54) is 0 Å². The van der Waals surface area contributed by atoms with Gasteiger partial charge in [-0.3, -0.25) is 4.99 Å². The van der Waals surface area contributed by atoms with Crippen molar-refractivity contribution in [1.29, 1.82) is 0 Å². The van der Waals surface area contributed by atoms with Crippen LogP contribution in [0, 0.1) is 6.92 Å². The minimum Gasteiger partial charge on any atom is -0.373 e. The summed E-state index contributed by atoms with van der Waals surface area (Å²) in [6.45, 7) is 8.80. The van der Waals surface area contributed by atoms with Gasteiger partial charge < -0.3 is 15.4 Å². The summed E-state index contributed by atoms with van der Waals surface area (Å²) in [6, 6.07) is 6.79. The van der Waals surface area contributed by atoms with Crippen molar-refractivity contribution in [2.24, 2.45) is 4.99 Å². The molecule has 0 bridgehead atoms. The zero-order valence-corrected chi connectivity index (χ0v) is 19.4. The topological polar surface area (TPSA) is 91.8 Å². The second-order valence-electron chi connectivity index (χ2n) is 6.73. The monoisotopic (exact) mass is 510 g/mol. The number of aryl methyl sites for hydroxylation is 1. The molecule has 0 aromatic heterocycles. The van der Waals surface area contributed by atoms with Crippen molar-refractivity contribution in [1.82, 2.24) is 15.4 Å². The molecule has 1 aromatic carbocycles. The lowest BCUT2D eigenvalue weighted by Crippen LogP contribution is -2.42. The van der Waals surface area contributed by atoms with Gasteiger partial charge in [0.05, 0.1) is 17.0 Å². The van der Waals surface area contributed by atoms with Gasteiger partial charge in [-0.2, -0.15) is 0 Å². The third-order valence-electron chi connectivity index (χ3n) is 4.26. The SMILES string of the molecule is CCNC(=NCC1(C)CCCO1)NCCNS(=O)(=O)c1ccc(C)cc1.I. The molecule has 7 nitrogen and oxygen atoms in total. The number of rotatable bonds is 8. The maximum atomic E-state index is 12.3. The standard InChI is InChI=1S/C18H30N4O3S.HI/c1-4-19-17(21-14-18(3)10-5-13-25-18)20-11-12-22-26(23,24)16-8-6-15(2)7-9-16;/h6-9,22H,4-5,10-14H2,1-3H3,(H2,19,20,21);1H. The third-order valence-corrected chi connectivity index (χ3v) is 5.73. The average molecular weight is 510 g/mol. The van der Waals surface area contributed by atoms with Crippen molar-refractivity contribution in [2.45, 2.75) is 44.1 Å². The molecular weight excluding hydrogens is 479 g/mol. The second-order valence-corrected chi connectivity index (χ2v) is 8.50. The number of aliphatic imine (C=N–C) groups is 1. The molecule has 1 aliphatic rings. The van der Waals surface area contributed by atoms with E-state index in [9.17, 15) is 8.42 Å². The van der Waals surface area contributed by atoms with E-state index in [1.54, 1.807) is 24.3 Å². The first kappa shape index (κ1) is 24.1. The highest BCUT2D eigenvalue weighted by Crippen LogP contribution is 2.24. The maximum Gasteiger partial charge on any atom is 0.240 e. The minimum absolute atomic E-state index is 0. The summed E-state index contributed by atoms with van der Waals surface area (Å²) < 4.78 is 32.9. The highest BCUT2D eigenvalue weighted by atomic mass is 127. The molecule has 1 heterocycles. The molecule has 27 heavy (non-hydrogen) atoms. The van der Waals surface area contributed by atoms with E-state index < -0.39 is 10.0 Å². The Balaban J connectivity index is 0.00000364. The Kier molecular flexibility index (Phi) is 9.99. The molecule has 1 atom stereocenters. The Hall–Kier alpha value is -0.910. The fraction of sp³-hybridized carbons (Fsp3) is 0.611. The normalized spacial score (nSPS) is 20.2. The van der Waals surface area contributed by atoms with Crippen LogP contribution >= 0.6 is 24.0 Å². The average Bonchev–Trinajstić information content (AvgIpc) is 3.04. The summed E-state index contributed by atoms with van der Waals surface area (Å²) in [5, 5.41) is 6.32. The van der Waals surface area contributed by atoms with Crippen LogP contribution in [0.2, 0.25) is 0 Å². The zero-order valence-electron chi connectivity index (χ0n) is 16.2. The molecule has 1 aromatic rings. The van der Waals surface area contributed by atoms with Crippen molar-refractivity contribution in [2.75, 3.05) is 32.8 Å². The molecule has 1 saturated heterocycles. The number of halogens is 1. The Labute approximate surface area is 179 Å². The lowest BCUT2D eigenvalue weighted by atomic mass is 10.0. The Morgan fingerprint density at radius 1 is 1.22 bits per heavy atom. The van der Waals surface area contributed by atoms with Gasteiger partial charge in [-0.25, -0.2) is 13.1 Å². The minimum atomic E-state index is -3.49. The van der Waals surface area contributed by atoms with Gasteiger partial charge in [0.15, 0.2) is 5.96 Å². The van der Waals surface area contributed by atoms with E-state index >= 15 is 0 Å². The summed E-state index contributed by atoms with van der Waals surface area (Å²) >= 11 is 0. The van der Waals surface area contributed by atoms with E-state index in [2.05, 4.69) is 27.3 Å². The van der Waals surface area contributed by atoms with Crippen LogP contribution in [0.25, 0.3) is 0 Å². The molecule has 0 amide bonds. The summed E-state index contributed by atoms with van der Waals surface area (Å²) in [7, 11) is -3.49. The highest BCUT2D eigenvalue weighted by molar-refractivity contribution is 14.0. The smallest absolute Gasteiger partial charge is 0.240 e.